The standard InChI is InChI=1S/C29H22N2O4/c32-27-24-15-6-7-16-25(24)28(33)31(27)19-21-12-4-5-13-22(21)23-14-8-9-17-26(23)35-29(34)30-18-20-10-2-1-3-11-20/h1-17H,18-19H2,(H,30,34). The Bertz CT molecular complexity index is 1380. The summed E-state index contributed by atoms with van der Waals surface area (Å²) in [7, 11) is 0. The minimum absolute atomic E-state index is 0.108. The maximum absolute atomic E-state index is 12.9. The molecule has 0 bridgehead atoms. The predicted octanol–water partition coefficient (Wildman–Crippen LogP) is 5.44. The number of benzene rings is 4. The van der Waals surface area contributed by atoms with E-state index in [-0.39, 0.29) is 18.4 Å². The molecule has 3 amide bonds. The first-order chi connectivity index (χ1) is 17.1. The first kappa shape index (κ1) is 22.1. The van der Waals surface area contributed by atoms with Gasteiger partial charge in [-0.2, -0.15) is 0 Å². The van der Waals surface area contributed by atoms with Gasteiger partial charge in [0.05, 0.1) is 17.7 Å². The molecule has 1 aliphatic rings. The van der Waals surface area contributed by atoms with Gasteiger partial charge >= 0.3 is 6.09 Å². The topological polar surface area (TPSA) is 75.7 Å². The van der Waals surface area contributed by atoms with Gasteiger partial charge in [-0.15, -0.1) is 0 Å². The molecule has 4 aromatic rings. The summed E-state index contributed by atoms with van der Waals surface area (Å²) >= 11 is 0. The number of rotatable bonds is 6. The summed E-state index contributed by atoms with van der Waals surface area (Å²) in [5.74, 6) is -0.247. The summed E-state index contributed by atoms with van der Waals surface area (Å²) in [4.78, 5) is 39.5. The highest BCUT2D eigenvalue weighted by Crippen LogP contribution is 2.34. The molecule has 6 heteroatoms. The smallest absolute Gasteiger partial charge is 0.410 e. The largest absolute Gasteiger partial charge is 0.412 e. The number of carbonyl (C=O) groups is 3. The number of fused-ring (bicyclic) bond motifs is 1. The monoisotopic (exact) mass is 462 g/mol. The van der Waals surface area contributed by atoms with Crippen LogP contribution < -0.4 is 10.1 Å². The van der Waals surface area contributed by atoms with Gasteiger partial charge in [-0.3, -0.25) is 14.5 Å². The summed E-state index contributed by atoms with van der Waals surface area (Å²) in [6.07, 6.45) is -0.570. The highest BCUT2D eigenvalue weighted by atomic mass is 16.6. The van der Waals surface area contributed by atoms with Crippen LogP contribution in [0.3, 0.4) is 0 Å². The van der Waals surface area contributed by atoms with Gasteiger partial charge in [0.25, 0.3) is 11.8 Å². The van der Waals surface area contributed by atoms with Crippen LogP contribution in [0.5, 0.6) is 5.75 Å². The summed E-state index contributed by atoms with van der Waals surface area (Å²) in [5.41, 5.74) is 4.01. The first-order valence-electron chi connectivity index (χ1n) is 11.2. The molecule has 0 saturated carbocycles. The van der Waals surface area contributed by atoms with Crippen molar-refractivity contribution in [2.75, 3.05) is 0 Å². The average molecular weight is 463 g/mol. The van der Waals surface area contributed by atoms with Crippen molar-refractivity contribution >= 4 is 17.9 Å². The molecular formula is C29H22N2O4. The molecule has 1 N–H and O–H groups in total. The number of ether oxygens (including phenoxy) is 1. The Morgan fingerprint density at radius 3 is 1.89 bits per heavy atom. The highest BCUT2D eigenvalue weighted by molar-refractivity contribution is 6.21. The Morgan fingerprint density at radius 1 is 0.657 bits per heavy atom. The first-order valence-corrected chi connectivity index (χ1v) is 11.2. The zero-order valence-electron chi connectivity index (χ0n) is 18.8. The number of hydrogen-bond donors (Lipinski definition) is 1. The minimum atomic E-state index is -0.570. The third-order valence-corrected chi connectivity index (χ3v) is 5.88. The van der Waals surface area contributed by atoms with Crippen LogP contribution in [0.1, 0.15) is 31.8 Å². The number of para-hydroxylation sites is 1. The van der Waals surface area contributed by atoms with Gasteiger partial charge in [0.2, 0.25) is 0 Å². The lowest BCUT2D eigenvalue weighted by molar-refractivity contribution is 0.0642. The summed E-state index contributed by atoms with van der Waals surface area (Å²) in [6, 6.07) is 31.1. The Kier molecular flexibility index (Phi) is 6.09. The fraction of sp³-hybridized carbons (Fsp3) is 0.0690. The Morgan fingerprint density at radius 2 is 1.20 bits per heavy atom. The molecule has 0 saturated heterocycles. The van der Waals surface area contributed by atoms with Crippen LogP contribution in [0.15, 0.2) is 103 Å². The normalized spacial score (nSPS) is 12.4. The molecule has 0 aliphatic carbocycles. The van der Waals surface area contributed by atoms with Crippen molar-refractivity contribution in [2.45, 2.75) is 13.1 Å². The van der Waals surface area contributed by atoms with Crippen LogP contribution in [0.25, 0.3) is 11.1 Å². The summed E-state index contributed by atoms with van der Waals surface area (Å²) in [6.45, 7) is 0.454. The SMILES string of the molecule is O=C(NCc1ccccc1)Oc1ccccc1-c1ccccc1CN1C(=O)c2ccccc2C1=O. The van der Waals surface area contributed by atoms with Crippen molar-refractivity contribution < 1.29 is 19.1 Å². The van der Waals surface area contributed by atoms with Gasteiger partial charge in [-0.05, 0) is 34.9 Å². The van der Waals surface area contributed by atoms with Crippen molar-refractivity contribution in [3.05, 3.63) is 125 Å². The van der Waals surface area contributed by atoms with Crippen LogP contribution in [0, 0.1) is 0 Å². The number of nitrogens with zero attached hydrogens (tertiary/aromatic N) is 1. The van der Waals surface area contributed by atoms with Crippen molar-refractivity contribution in [1.29, 1.82) is 0 Å². The second-order valence-electron chi connectivity index (χ2n) is 8.12. The molecule has 172 valence electrons. The average Bonchev–Trinajstić information content (AvgIpc) is 3.14. The number of hydrogen-bond acceptors (Lipinski definition) is 4. The molecular weight excluding hydrogens is 440 g/mol. The number of amides is 3. The van der Waals surface area contributed by atoms with Crippen molar-refractivity contribution in [3.8, 4) is 16.9 Å². The second-order valence-corrected chi connectivity index (χ2v) is 8.12. The van der Waals surface area contributed by atoms with Gasteiger partial charge in [-0.25, -0.2) is 4.79 Å². The highest BCUT2D eigenvalue weighted by Gasteiger charge is 2.35. The zero-order valence-corrected chi connectivity index (χ0v) is 18.8. The fourth-order valence-electron chi connectivity index (χ4n) is 4.16. The van der Waals surface area contributed by atoms with Gasteiger partial charge in [0, 0.05) is 12.1 Å². The molecule has 0 radical (unpaired) electrons. The summed E-state index contributed by atoms with van der Waals surface area (Å²) in [5, 5.41) is 2.76. The zero-order chi connectivity index (χ0) is 24.2. The van der Waals surface area contributed by atoms with E-state index in [0.29, 0.717) is 29.0 Å². The van der Waals surface area contributed by atoms with Gasteiger partial charge in [0.15, 0.2) is 0 Å². The van der Waals surface area contributed by atoms with E-state index < -0.39 is 6.09 Å². The maximum atomic E-state index is 12.9. The number of imide groups is 1. The van der Waals surface area contributed by atoms with E-state index in [0.717, 1.165) is 16.7 Å². The predicted molar refractivity (Wildman–Crippen MR) is 132 cm³/mol. The molecule has 0 fully saturated rings. The molecule has 0 spiro atoms. The molecule has 1 aliphatic heterocycles. The Hall–Kier alpha value is -4.71. The van der Waals surface area contributed by atoms with E-state index in [2.05, 4.69) is 5.32 Å². The lowest BCUT2D eigenvalue weighted by Crippen LogP contribution is -2.29. The maximum Gasteiger partial charge on any atom is 0.412 e. The van der Waals surface area contributed by atoms with Gasteiger partial charge in [0.1, 0.15) is 5.75 Å². The fourth-order valence-corrected chi connectivity index (χ4v) is 4.16. The van der Waals surface area contributed by atoms with E-state index in [1.807, 2.05) is 66.7 Å². The van der Waals surface area contributed by atoms with Crippen LogP contribution >= 0.6 is 0 Å². The molecule has 1 heterocycles. The van der Waals surface area contributed by atoms with E-state index in [1.165, 1.54) is 4.90 Å². The molecule has 0 atom stereocenters. The van der Waals surface area contributed by atoms with Crippen LogP contribution in [0.4, 0.5) is 4.79 Å². The molecule has 35 heavy (non-hydrogen) atoms. The van der Waals surface area contributed by atoms with E-state index in [4.69, 9.17) is 4.74 Å². The second kappa shape index (κ2) is 9.65. The number of carbonyl (C=O) groups excluding carboxylic acids is 3. The molecule has 5 rings (SSSR count). The molecule has 6 nitrogen and oxygen atoms in total. The summed E-state index contributed by atoms with van der Waals surface area (Å²) < 4.78 is 5.64. The third-order valence-electron chi connectivity index (χ3n) is 5.88. The van der Waals surface area contributed by atoms with E-state index in [9.17, 15) is 14.4 Å². The Labute approximate surface area is 202 Å². The third kappa shape index (κ3) is 4.54. The minimum Gasteiger partial charge on any atom is -0.410 e. The number of nitrogens with one attached hydrogen (secondary N) is 1. The van der Waals surface area contributed by atoms with Crippen molar-refractivity contribution in [3.63, 3.8) is 0 Å². The lowest BCUT2D eigenvalue weighted by Gasteiger charge is -2.18. The van der Waals surface area contributed by atoms with Crippen molar-refractivity contribution in [2.24, 2.45) is 0 Å². The van der Waals surface area contributed by atoms with Crippen LogP contribution in [-0.4, -0.2) is 22.8 Å². The van der Waals surface area contributed by atoms with Crippen LogP contribution in [0.2, 0.25) is 0 Å². The van der Waals surface area contributed by atoms with Gasteiger partial charge < -0.3 is 10.1 Å². The van der Waals surface area contributed by atoms with Gasteiger partial charge in [-0.1, -0.05) is 84.9 Å². The quantitative estimate of drug-likeness (QED) is 0.387. The van der Waals surface area contributed by atoms with E-state index >= 15 is 0 Å². The molecule has 0 unspecified atom stereocenters. The van der Waals surface area contributed by atoms with Crippen molar-refractivity contribution in [1.82, 2.24) is 10.2 Å². The Balaban J connectivity index is 1.38. The van der Waals surface area contributed by atoms with E-state index in [1.54, 1.807) is 36.4 Å². The molecule has 4 aromatic carbocycles. The van der Waals surface area contributed by atoms with Crippen LogP contribution in [-0.2, 0) is 13.1 Å². The lowest BCUT2D eigenvalue weighted by atomic mass is 9.98. The molecule has 0 aromatic heterocycles.